The number of nitrogens with one attached hydrogen (secondary N) is 2. The van der Waals surface area contributed by atoms with Gasteiger partial charge in [-0.25, -0.2) is 0 Å². The van der Waals surface area contributed by atoms with E-state index in [1.165, 1.54) is 0 Å². The Kier molecular flexibility index (Phi) is 27.6. The number of hydrogen-bond acceptors (Lipinski definition) is 12. The van der Waals surface area contributed by atoms with E-state index in [1.54, 1.807) is 73.3 Å². The van der Waals surface area contributed by atoms with E-state index in [4.69, 9.17) is 40.9 Å². The second-order valence-corrected chi connectivity index (χ2v) is 6.56. The van der Waals surface area contributed by atoms with Gasteiger partial charge < -0.3 is 51.5 Å². The first-order valence-corrected chi connectivity index (χ1v) is 11.2. The van der Waals surface area contributed by atoms with Crippen LogP contribution >= 0.6 is 0 Å². The van der Waals surface area contributed by atoms with Gasteiger partial charge in [-0.3, -0.25) is 19.6 Å². The topological polar surface area (TPSA) is 257 Å². The summed E-state index contributed by atoms with van der Waals surface area (Å²) in [5.74, 6) is -0.219. The Balaban J connectivity index is -0.000000538. The molecule has 17 heteroatoms. The predicted octanol–water partition coefficient (Wildman–Crippen LogP) is 3.40. The molecule has 2 aromatic carbocycles. The van der Waals surface area contributed by atoms with Crippen molar-refractivity contribution in [1.82, 2.24) is 9.97 Å². The number of aliphatic hydroxyl groups is 2. The molecule has 43 heavy (non-hydrogen) atoms. The molecule has 0 aliphatic carbocycles. The second-order valence-electron chi connectivity index (χ2n) is 6.56. The Labute approximate surface area is 258 Å². The molecule has 0 fully saturated rings. The predicted molar refractivity (Wildman–Crippen MR) is 154 cm³/mol. The standard InChI is InChI=1S/2C12H10N2O.2CH4O.2NO3.Zn/c2*15-12(10-4-2-1-3-5-10)14-11-6-8-13-9-7-11;2*1-2;2*2-1(3)4;/h2*1-9H,(H,13,14,15);2*2H,1H3;;;/q;;;;2*-1;+2. The maximum absolute atomic E-state index is 11.7. The number of amides is 2. The van der Waals surface area contributed by atoms with E-state index in [-0.39, 0.29) is 31.3 Å². The molecular weight excluding hydrogens is 622 g/mol. The molecule has 0 bridgehead atoms. The van der Waals surface area contributed by atoms with E-state index < -0.39 is 10.2 Å². The summed E-state index contributed by atoms with van der Waals surface area (Å²) in [6.07, 6.45) is 6.56. The van der Waals surface area contributed by atoms with Gasteiger partial charge in [-0.2, -0.15) is 0 Å². The Morgan fingerprint density at radius 1 is 0.558 bits per heavy atom. The van der Waals surface area contributed by atoms with Crippen molar-refractivity contribution in [3.8, 4) is 0 Å². The van der Waals surface area contributed by atoms with Gasteiger partial charge in [-0.1, -0.05) is 36.4 Å². The van der Waals surface area contributed by atoms with Crippen molar-refractivity contribution in [2.24, 2.45) is 0 Å². The van der Waals surface area contributed by atoms with Gasteiger partial charge in [-0.15, -0.1) is 0 Å². The molecule has 0 saturated carbocycles. The zero-order valence-electron chi connectivity index (χ0n) is 23.0. The van der Waals surface area contributed by atoms with Crippen LogP contribution in [0.3, 0.4) is 0 Å². The maximum atomic E-state index is 11.7. The number of hydrogen-bond donors (Lipinski definition) is 4. The Hall–Kier alpha value is -5.38. The summed E-state index contributed by atoms with van der Waals surface area (Å²) in [7, 11) is 2.00. The zero-order chi connectivity index (χ0) is 32.2. The number of aliphatic hydroxyl groups excluding tert-OH is 2. The van der Waals surface area contributed by atoms with Gasteiger partial charge >= 0.3 is 19.5 Å². The van der Waals surface area contributed by atoms with Gasteiger partial charge in [0.25, 0.3) is 11.8 Å². The fraction of sp³-hybridized carbons (Fsp3) is 0.0769. The molecule has 224 valence electrons. The summed E-state index contributed by atoms with van der Waals surface area (Å²) in [4.78, 5) is 47.6. The quantitative estimate of drug-likeness (QED) is 0.141. The fourth-order valence-electron chi connectivity index (χ4n) is 2.46. The van der Waals surface area contributed by atoms with Crippen LogP contribution in [0.1, 0.15) is 20.7 Å². The number of pyridine rings is 2. The van der Waals surface area contributed by atoms with Gasteiger partial charge in [0.2, 0.25) is 0 Å². The van der Waals surface area contributed by atoms with Crippen LogP contribution in [-0.2, 0) is 19.5 Å². The van der Waals surface area contributed by atoms with E-state index in [0.29, 0.717) is 11.1 Å². The number of rotatable bonds is 4. The third-order valence-electron chi connectivity index (χ3n) is 3.95. The molecule has 0 aliphatic heterocycles. The van der Waals surface area contributed by atoms with Gasteiger partial charge in [0.05, 0.1) is 10.2 Å². The zero-order valence-corrected chi connectivity index (χ0v) is 26.0. The molecule has 0 aliphatic rings. The van der Waals surface area contributed by atoms with Crippen molar-refractivity contribution in [2.45, 2.75) is 0 Å². The first-order chi connectivity index (χ1) is 20.2. The fourth-order valence-corrected chi connectivity index (χ4v) is 2.46. The van der Waals surface area contributed by atoms with E-state index in [1.807, 2.05) is 36.4 Å². The molecular formula is C26H28N6O10Zn. The molecule has 0 atom stereocenters. The summed E-state index contributed by atoms with van der Waals surface area (Å²) in [6.45, 7) is 0. The van der Waals surface area contributed by atoms with E-state index in [0.717, 1.165) is 25.6 Å². The second kappa shape index (κ2) is 28.2. The summed E-state index contributed by atoms with van der Waals surface area (Å²) in [5, 5.41) is 49.1. The minimum Gasteiger partial charge on any atom is -0.400 e. The van der Waals surface area contributed by atoms with E-state index in [9.17, 15) is 9.59 Å². The minimum absolute atomic E-state index is 0. The molecule has 0 saturated heterocycles. The molecule has 0 radical (unpaired) electrons. The smallest absolute Gasteiger partial charge is 0.400 e. The number of nitrogens with zero attached hydrogens (tertiary/aromatic N) is 4. The van der Waals surface area contributed by atoms with Crippen molar-refractivity contribution in [3.63, 3.8) is 0 Å². The summed E-state index contributed by atoms with van der Waals surface area (Å²) in [6, 6.07) is 25.2. The van der Waals surface area contributed by atoms with Crippen LogP contribution in [0, 0.1) is 30.6 Å². The summed E-state index contributed by atoms with van der Waals surface area (Å²) in [5.41, 5.74) is 2.79. The van der Waals surface area contributed by atoms with Gasteiger partial charge in [0.15, 0.2) is 0 Å². The van der Waals surface area contributed by atoms with Crippen LogP contribution in [0.2, 0.25) is 0 Å². The molecule has 2 amide bonds. The number of carbonyl (C=O) groups excluding carboxylic acids is 2. The normalized spacial score (nSPS) is 8.09. The average Bonchev–Trinajstić information content (AvgIpc) is 3.01. The van der Waals surface area contributed by atoms with Crippen LogP contribution in [0.15, 0.2) is 110 Å². The molecule has 16 nitrogen and oxygen atoms in total. The third-order valence-corrected chi connectivity index (χ3v) is 3.95. The molecule has 2 aromatic heterocycles. The largest absolute Gasteiger partial charge is 2.00 e. The Morgan fingerprint density at radius 3 is 1.02 bits per heavy atom. The number of benzene rings is 2. The minimum atomic E-state index is -1.75. The molecule has 2 heterocycles. The third kappa shape index (κ3) is 24.2. The van der Waals surface area contributed by atoms with Crippen molar-refractivity contribution < 1.29 is 49.5 Å². The Bertz CT molecular complexity index is 1170. The van der Waals surface area contributed by atoms with E-state index in [2.05, 4.69) is 20.6 Å². The van der Waals surface area contributed by atoms with E-state index >= 15 is 0 Å². The average molecular weight is 650 g/mol. The summed E-state index contributed by atoms with van der Waals surface area (Å²) >= 11 is 0. The Morgan fingerprint density at radius 2 is 0.791 bits per heavy atom. The summed E-state index contributed by atoms with van der Waals surface area (Å²) < 4.78 is 0. The van der Waals surface area contributed by atoms with Crippen LogP contribution in [0.4, 0.5) is 11.4 Å². The van der Waals surface area contributed by atoms with Crippen LogP contribution < -0.4 is 10.6 Å². The SMILES string of the molecule is CO.CO.O=C(Nc1ccncc1)c1ccccc1.O=C(Nc1ccncc1)c1ccccc1.O=[N+]([O-])[O-].O=[N+]([O-])[O-].[Zn+2]. The number of aromatic nitrogens is 2. The molecule has 0 unspecified atom stereocenters. The van der Waals surface area contributed by atoms with Crippen LogP contribution in [0.25, 0.3) is 0 Å². The van der Waals surface area contributed by atoms with Gasteiger partial charge in [-0.05, 0) is 48.5 Å². The monoisotopic (exact) mass is 648 g/mol. The molecule has 4 aromatic rings. The van der Waals surface area contributed by atoms with Crippen LogP contribution in [-0.4, -0.2) is 56.4 Å². The first-order valence-electron chi connectivity index (χ1n) is 11.2. The molecule has 4 rings (SSSR count). The van der Waals surface area contributed by atoms with Crippen LogP contribution in [0.5, 0.6) is 0 Å². The first kappa shape index (κ1) is 42.1. The molecule has 0 spiro atoms. The van der Waals surface area contributed by atoms with Gasteiger partial charge in [0, 0.05) is 61.5 Å². The van der Waals surface area contributed by atoms with Crippen molar-refractivity contribution in [3.05, 3.63) is 151 Å². The molecule has 4 N–H and O–H groups in total. The number of carbonyl (C=O) groups is 2. The maximum Gasteiger partial charge on any atom is 2.00 e. The van der Waals surface area contributed by atoms with Crippen molar-refractivity contribution in [1.29, 1.82) is 0 Å². The number of anilines is 2. The van der Waals surface area contributed by atoms with Crippen molar-refractivity contribution in [2.75, 3.05) is 24.9 Å². The van der Waals surface area contributed by atoms with Gasteiger partial charge in [0.1, 0.15) is 0 Å². The van der Waals surface area contributed by atoms with Crippen molar-refractivity contribution >= 4 is 23.2 Å².